The van der Waals surface area contributed by atoms with Crippen LogP contribution in [0.3, 0.4) is 0 Å². The topological polar surface area (TPSA) is 101 Å². The van der Waals surface area contributed by atoms with Crippen molar-refractivity contribution in [2.45, 2.75) is 12.8 Å². The molecule has 1 rings (SSSR count). The third kappa shape index (κ3) is 4.65. The van der Waals surface area contributed by atoms with Gasteiger partial charge in [0.1, 0.15) is 6.79 Å². The van der Waals surface area contributed by atoms with Gasteiger partial charge in [-0.3, -0.25) is 14.4 Å². The monoisotopic (exact) mass is 263 g/mol. The van der Waals surface area contributed by atoms with Gasteiger partial charge in [0.15, 0.2) is 13.6 Å². The predicted octanol–water partition coefficient (Wildman–Crippen LogP) is -0.244. The van der Waals surface area contributed by atoms with Gasteiger partial charge in [-0.05, 0) is 0 Å². The Morgan fingerprint density at radius 1 is 1.11 bits per heavy atom. The molecule has 1 aliphatic rings. The zero-order valence-corrected chi connectivity index (χ0v) is 9.75. The molecule has 9 nitrogen and oxygen atoms in total. The minimum atomic E-state index is -1.20. The van der Waals surface area contributed by atoms with Gasteiger partial charge in [-0.15, -0.1) is 0 Å². The molecule has 0 spiro atoms. The lowest BCUT2D eigenvalue weighted by atomic mass is 10.4. The lowest BCUT2D eigenvalue weighted by Crippen LogP contribution is -2.32. The normalized spacial score (nSPS) is 15.1. The van der Waals surface area contributed by atoms with Crippen molar-refractivity contribution in [3.05, 3.63) is 0 Å². The van der Waals surface area contributed by atoms with E-state index in [0.29, 0.717) is 5.06 Å². The molecular weight excluding hydrogens is 250 g/mol. The van der Waals surface area contributed by atoms with Gasteiger partial charge in [0.05, 0.1) is 0 Å². The second kappa shape index (κ2) is 7.58. The van der Waals surface area contributed by atoms with E-state index in [2.05, 4.69) is 14.3 Å². The van der Waals surface area contributed by atoms with E-state index in [1.165, 1.54) is 7.11 Å². The molecule has 18 heavy (non-hydrogen) atoms. The van der Waals surface area contributed by atoms with Gasteiger partial charge in [0.2, 0.25) is 0 Å². The minimum absolute atomic E-state index is 0.0213. The van der Waals surface area contributed by atoms with Crippen molar-refractivity contribution in [3.8, 4) is 0 Å². The molecule has 0 aromatic heterocycles. The number of carbonyl (C=O) groups excluding carboxylic acids is 3. The molecule has 9 heteroatoms. The average Bonchev–Trinajstić information content (AvgIpc) is 2.65. The summed E-state index contributed by atoms with van der Waals surface area (Å²) in [6.45, 7) is -0.525. The van der Waals surface area contributed by atoms with Gasteiger partial charge in [-0.1, -0.05) is 5.06 Å². The summed E-state index contributed by atoms with van der Waals surface area (Å²) in [7, 11) is 1.44. The number of hydrogen-bond donors (Lipinski definition) is 0. The fourth-order valence-corrected chi connectivity index (χ4v) is 1.06. The van der Waals surface area contributed by atoms with Crippen LogP contribution in [0.1, 0.15) is 12.8 Å². The number of methoxy groups -OCH3 is 1. The maximum absolute atomic E-state index is 11.1. The molecular formula is C9H13NO8. The third-order valence-corrected chi connectivity index (χ3v) is 1.80. The molecule has 0 saturated carbocycles. The van der Waals surface area contributed by atoms with Crippen molar-refractivity contribution >= 4 is 18.0 Å². The van der Waals surface area contributed by atoms with Crippen LogP contribution in [0.5, 0.6) is 0 Å². The fraction of sp³-hybridized carbons (Fsp3) is 0.667. The summed E-state index contributed by atoms with van der Waals surface area (Å²) in [5, 5.41) is 0.379. The smallest absolute Gasteiger partial charge is 0.405 e. The molecule has 0 aliphatic carbocycles. The first-order valence-corrected chi connectivity index (χ1v) is 5.00. The second-order valence-corrected chi connectivity index (χ2v) is 3.12. The molecule has 0 unspecified atom stereocenters. The van der Waals surface area contributed by atoms with Crippen molar-refractivity contribution in [1.29, 1.82) is 0 Å². The number of ether oxygens (including phenoxy) is 4. The van der Waals surface area contributed by atoms with Crippen molar-refractivity contribution in [2.24, 2.45) is 0 Å². The minimum Gasteiger partial charge on any atom is -0.405 e. The summed E-state index contributed by atoms with van der Waals surface area (Å²) in [5.41, 5.74) is 0. The Morgan fingerprint density at radius 2 is 1.72 bits per heavy atom. The summed E-state index contributed by atoms with van der Waals surface area (Å²) < 4.78 is 18.4. The number of amides is 2. The van der Waals surface area contributed by atoms with Gasteiger partial charge in [0, 0.05) is 20.0 Å². The number of carbonyl (C=O) groups is 3. The van der Waals surface area contributed by atoms with E-state index < -0.39 is 24.8 Å². The molecule has 102 valence electrons. The maximum atomic E-state index is 11.1. The number of rotatable bonds is 7. The van der Waals surface area contributed by atoms with E-state index in [-0.39, 0.29) is 26.4 Å². The zero-order chi connectivity index (χ0) is 13.4. The average molecular weight is 263 g/mol. The highest BCUT2D eigenvalue weighted by Gasteiger charge is 2.33. The van der Waals surface area contributed by atoms with E-state index in [4.69, 9.17) is 9.47 Å². The summed E-state index contributed by atoms with van der Waals surface area (Å²) in [5.74, 6) is -1.16. The van der Waals surface area contributed by atoms with Crippen molar-refractivity contribution < 1.29 is 38.2 Å². The SMILES string of the molecule is COCOCOCOC(=O)ON1C(=O)CCC1=O. The van der Waals surface area contributed by atoms with E-state index >= 15 is 0 Å². The highest BCUT2D eigenvalue weighted by molar-refractivity contribution is 6.01. The summed E-state index contributed by atoms with van der Waals surface area (Å²) in [6.07, 6.45) is -1.16. The Bertz CT molecular complexity index is 302. The fourth-order valence-electron chi connectivity index (χ4n) is 1.06. The van der Waals surface area contributed by atoms with E-state index in [1.807, 2.05) is 0 Å². The van der Waals surface area contributed by atoms with Gasteiger partial charge in [-0.2, -0.15) is 0 Å². The first-order chi connectivity index (χ1) is 8.65. The number of hydroxylamine groups is 2. The van der Waals surface area contributed by atoms with Crippen molar-refractivity contribution in [2.75, 3.05) is 27.5 Å². The van der Waals surface area contributed by atoms with Crippen LogP contribution in [0.4, 0.5) is 4.79 Å². The highest BCUT2D eigenvalue weighted by Crippen LogP contribution is 2.12. The van der Waals surface area contributed by atoms with Crippen LogP contribution < -0.4 is 0 Å². The van der Waals surface area contributed by atoms with E-state index in [9.17, 15) is 14.4 Å². The van der Waals surface area contributed by atoms with Crippen LogP contribution in [-0.2, 0) is 33.4 Å². The van der Waals surface area contributed by atoms with Crippen molar-refractivity contribution in [3.63, 3.8) is 0 Å². The van der Waals surface area contributed by atoms with Gasteiger partial charge in [0.25, 0.3) is 11.8 Å². The summed E-state index contributed by atoms with van der Waals surface area (Å²) >= 11 is 0. The largest absolute Gasteiger partial charge is 0.536 e. The maximum Gasteiger partial charge on any atom is 0.536 e. The summed E-state index contributed by atoms with van der Waals surface area (Å²) in [6, 6.07) is 0. The molecule has 0 radical (unpaired) electrons. The van der Waals surface area contributed by atoms with Crippen LogP contribution in [0.2, 0.25) is 0 Å². The van der Waals surface area contributed by atoms with Crippen LogP contribution in [0.25, 0.3) is 0 Å². The lowest BCUT2D eigenvalue weighted by molar-refractivity contribution is -0.188. The first-order valence-electron chi connectivity index (χ1n) is 5.00. The first kappa shape index (κ1) is 14.4. The number of nitrogens with zero attached hydrogens (tertiary/aromatic N) is 1. The Morgan fingerprint density at radius 3 is 2.33 bits per heavy atom. The Balaban J connectivity index is 2.10. The molecule has 2 amide bonds. The van der Waals surface area contributed by atoms with Gasteiger partial charge < -0.3 is 18.9 Å². The van der Waals surface area contributed by atoms with Crippen LogP contribution in [0.15, 0.2) is 0 Å². The van der Waals surface area contributed by atoms with E-state index in [0.717, 1.165) is 0 Å². The number of imide groups is 1. The molecule has 0 N–H and O–H groups in total. The highest BCUT2D eigenvalue weighted by atomic mass is 16.9. The van der Waals surface area contributed by atoms with Gasteiger partial charge >= 0.3 is 6.16 Å². The molecule has 0 aromatic carbocycles. The quantitative estimate of drug-likeness (QED) is 0.268. The Labute approximate surface area is 102 Å². The standard InChI is InChI=1S/C9H13NO8/c1-14-4-15-5-16-6-17-9(13)18-10-7(11)2-3-8(10)12/h2-6H2,1H3. The lowest BCUT2D eigenvalue weighted by Gasteiger charge is -2.12. The van der Waals surface area contributed by atoms with Crippen LogP contribution in [-0.4, -0.2) is 50.5 Å². The van der Waals surface area contributed by atoms with Crippen LogP contribution >= 0.6 is 0 Å². The number of hydrogen-bond acceptors (Lipinski definition) is 8. The zero-order valence-electron chi connectivity index (χ0n) is 9.75. The molecule has 1 heterocycles. The van der Waals surface area contributed by atoms with Crippen molar-refractivity contribution in [1.82, 2.24) is 5.06 Å². The van der Waals surface area contributed by atoms with Crippen LogP contribution in [0, 0.1) is 0 Å². The van der Waals surface area contributed by atoms with Gasteiger partial charge in [-0.25, -0.2) is 4.79 Å². The van der Waals surface area contributed by atoms with E-state index in [1.54, 1.807) is 0 Å². The molecule has 1 fully saturated rings. The molecule has 1 saturated heterocycles. The molecule has 0 bridgehead atoms. The Hall–Kier alpha value is -1.71. The molecule has 0 aromatic rings. The third-order valence-electron chi connectivity index (χ3n) is 1.80. The second-order valence-electron chi connectivity index (χ2n) is 3.12. The molecule has 1 aliphatic heterocycles. The summed E-state index contributed by atoms with van der Waals surface area (Å²) in [4.78, 5) is 37.6. The molecule has 0 atom stereocenters. The predicted molar refractivity (Wildman–Crippen MR) is 52.4 cm³/mol. The Kier molecular flexibility index (Phi) is 6.05.